The molecule has 0 atom stereocenters. The van der Waals surface area contributed by atoms with Crippen molar-refractivity contribution >= 4 is 0 Å². The Bertz CT molecular complexity index is 382. The van der Waals surface area contributed by atoms with E-state index in [1.165, 1.54) is 17.5 Å². The van der Waals surface area contributed by atoms with Crippen LogP contribution in [-0.4, -0.2) is 44.0 Å². The highest BCUT2D eigenvalue weighted by molar-refractivity contribution is 5.06. The second-order valence-corrected chi connectivity index (χ2v) is 5.63. The fraction of sp³-hybridized carbons (Fsp3) is 0.692. The van der Waals surface area contributed by atoms with Crippen LogP contribution in [0.2, 0.25) is 0 Å². The summed E-state index contributed by atoms with van der Waals surface area (Å²) in [6.45, 7) is 6.37. The molecule has 2 N–H and O–H groups in total. The molecule has 0 radical (unpaired) electrons. The highest BCUT2D eigenvalue weighted by atomic mass is 19.1. The van der Waals surface area contributed by atoms with E-state index in [9.17, 15) is 4.39 Å². The predicted molar refractivity (Wildman–Crippen MR) is 69.3 cm³/mol. The van der Waals surface area contributed by atoms with Crippen molar-refractivity contribution in [1.82, 2.24) is 15.0 Å². The highest BCUT2D eigenvalue weighted by Gasteiger charge is 2.23. The predicted octanol–water partition coefficient (Wildman–Crippen LogP) is 1.96. The lowest BCUT2D eigenvalue weighted by atomic mass is 9.94. The van der Waals surface area contributed by atoms with Crippen LogP contribution in [0.5, 0.6) is 0 Å². The van der Waals surface area contributed by atoms with Crippen molar-refractivity contribution in [3.8, 4) is 0 Å². The monoisotopic (exact) mass is 271 g/mol. The van der Waals surface area contributed by atoms with Crippen LogP contribution < -0.4 is 0 Å². The van der Waals surface area contributed by atoms with Gasteiger partial charge in [-0.2, -0.15) is 9.45 Å². The van der Waals surface area contributed by atoms with Crippen molar-refractivity contribution in [2.45, 2.75) is 45.1 Å². The van der Waals surface area contributed by atoms with E-state index >= 15 is 0 Å². The molecule has 0 amide bonds. The maximum absolute atomic E-state index is 13.2. The van der Waals surface area contributed by atoms with Crippen molar-refractivity contribution in [2.24, 2.45) is 0 Å². The Balaban J connectivity index is 0.000000312. The number of hydroxylamine groups is 2. The van der Waals surface area contributed by atoms with Gasteiger partial charge in [-0.3, -0.25) is 4.98 Å². The molecule has 1 aliphatic heterocycles. The van der Waals surface area contributed by atoms with Crippen molar-refractivity contribution in [3.05, 3.63) is 24.0 Å². The van der Waals surface area contributed by atoms with Gasteiger partial charge in [-0.15, -0.1) is 0 Å². The molecule has 0 unspecified atom stereocenters. The van der Waals surface area contributed by atoms with Gasteiger partial charge in [0.15, 0.2) is 0 Å². The molecule has 0 spiro atoms. The first-order valence-electron chi connectivity index (χ1n) is 6.40. The van der Waals surface area contributed by atoms with Gasteiger partial charge in [-0.1, -0.05) is 0 Å². The Morgan fingerprint density at radius 2 is 1.68 bits per heavy atom. The molecule has 1 aromatic heterocycles. The fourth-order valence-electron chi connectivity index (χ4n) is 1.74. The number of hydrogen-bond acceptors (Lipinski definition) is 5. The van der Waals surface area contributed by atoms with Gasteiger partial charge < -0.3 is 10.3 Å². The lowest BCUT2D eigenvalue weighted by molar-refractivity contribution is -0.107. The van der Waals surface area contributed by atoms with Crippen LogP contribution in [-0.2, 0) is 0 Å². The summed E-state index contributed by atoms with van der Waals surface area (Å²) in [5, 5.41) is 18.9. The van der Waals surface area contributed by atoms with Gasteiger partial charge in [0, 0.05) is 31.4 Å². The Labute approximate surface area is 113 Å². The van der Waals surface area contributed by atoms with Crippen LogP contribution in [0.1, 0.15) is 45.2 Å². The molecular formula is C13H22FN3O2. The number of nitrogens with zero attached hydrogens (tertiary/aromatic N) is 3. The van der Waals surface area contributed by atoms with Gasteiger partial charge in [0.2, 0.25) is 5.95 Å². The zero-order valence-electron chi connectivity index (χ0n) is 11.7. The zero-order valence-corrected chi connectivity index (χ0v) is 11.7. The zero-order chi connectivity index (χ0) is 14.5. The SMILES string of the molecule is CC(C)(C)O.ON1CCC(c2nccnc2F)CC1. The van der Waals surface area contributed by atoms with E-state index in [1.807, 2.05) is 0 Å². The molecule has 2 heterocycles. The van der Waals surface area contributed by atoms with Gasteiger partial charge in [0.05, 0.1) is 11.3 Å². The molecule has 1 fully saturated rings. The molecule has 0 bridgehead atoms. The topological polar surface area (TPSA) is 69.5 Å². The molecule has 1 aliphatic rings. The Hall–Kier alpha value is -1.11. The lowest BCUT2D eigenvalue weighted by Gasteiger charge is -2.26. The van der Waals surface area contributed by atoms with E-state index in [-0.39, 0.29) is 5.92 Å². The number of aliphatic hydroxyl groups is 1. The summed E-state index contributed by atoms with van der Waals surface area (Å²) in [6, 6.07) is 0. The van der Waals surface area contributed by atoms with Crippen molar-refractivity contribution < 1.29 is 14.7 Å². The number of hydrogen-bond donors (Lipinski definition) is 2. The second kappa shape index (κ2) is 6.88. The molecule has 5 nitrogen and oxygen atoms in total. The highest BCUT2D eigenvalue weighted by Crippen LogP contribution is 2.26. The van der Waals surface area contributed by atoms with Gasteiger partial charge in [-0.25, -0.2) is 4.98 Å². The number of rotatable bonds is 1. The third-order valence-electron chi connectivity index (χ3n) is 2.54. The molecule has 6 heteroatoms. The van der Waals surface area contributed by atoms with Crippen LogP contribution >= 0.6 is 0 Å². The van der Waals surface area contributed by atoms with Crippen molar-refractivity contribution in [1.29, 1.82) is 0 Å². The first-order chi connectivity index (χ1) is 8.77. The summed E-state index contributed by atoms with van der Waals surface area (Å²) in [5.41, 5.74) is -0.0689. The molecule has 1 saturated heterocycles. The van der Waals surface area contributed by atoms with Crippen LogP contribution in [0.4, 0.5) is 4.39 Å². The van der Waals surface area contributed by atoms with E-state index in [1.54, 1.807) is 20.8 Å². The van der Waals surface area contributed by atoms with E-state index < -0.39 is 11.5 Å². The van der Waals surface area contributed by atoms with Crippen LogP contribution in [0.25, 0.3) is 0 Å². The summed E-state index contributed by atoms with van der Waals surface area (Å²) in [7, 11) is 0. The van der Waals surface area contributed by atoms with Crippen molar-refractivity contribution in [2.75, 3.05) is 13.1 Å². The number of aromatic nitrogens is 2. The normalized spacial score (nSPS) is 17.8. The minimum Gasteiger partial charge on any atom is -0.391 e. The lowest BCUT2D eigenvalue weighted by Crippen LogP contribution is -2.30. The molecule has 0 saturated carbocycles. The minimum absolute atomic E-state index is 0.0899. The summed E-state index contributed by atoms with van der Waals surface area (Å²) in [5.74, 6) is -0.393. The standard InChI is InChI=1S/C9H12FN3O.C4H10O/c10-9-8(11-3-4-12-9)7-1-5-13(14)6-2-7;1-4(2,3)5/h3-4,7,14H,1-2,5-6H2;5H,1-3H3. The van der Waals surface area contributed by atoms with E-state index in [2.05, 4.69) is 9.97 Å². The summed E-state index contributed by atoms with van der Waals surface area (Å²) >= 11 is 0. The van der Waals surface area contributed by atoms with Gasteiger partial charge in [0.1, 0.15) is 0 Å². The van der Waals surface area contributed by atoms with E-state index in [4.69, 9.17) is 10.3 Å². The summed E-state index contributed by atoms with van der Waals surface area (Å²) in [6.07, 6.45) is 4.31. The van der Waals surface area contributed by atoms with E-state index in [0.717, 1.165) is 12.8 Å². The number of halogens is 1. The average molecular weight is 271 g/mol. The van der Waals surface area contributed by atoms with Crippen LogP contribution in [0, 0.1) is 5.95 Å². The Morgan fingerprint density at radius 3 is 2.16 bits per heavy atom. The van der Waals surface area contributed by atoms with Gasteiger partial charge in [0.25, 0.3) is 0 Å². The molecule has 2 rings (SSSR count). The number of piperidine rings is 1. The summed E-state index contributed by atoms with van der Waals surface area (Å²) in [4.78, 5) is 7.56. The quantitative estimate of drug-likeness (QED) is 0.817. The second-order valence-electron chi connectivity index (χ2n) is 5.63. The van der Waals surface area contributed by atoms with E-state index in [0.29, 0.717) is 18.8 Å². The first-order valence-corrected chi connectivity index (χ1v) is 6.40. The largest absolute Gasteiger partial charge is 0.391 e. The van der Waals surface area contributed by atoms with Crippen LogP contribution in [0.3, 0.4) is 0 Å². The molecule has 0 aliphatic carbocycles. The van der Waals surface area contributed by atoms with Crippen LogP contribution in [0.15, 0.2) is 12.4 Å². The van der Waals surface area contributed by atoms with Gasteiger partial charge >= 0.3 is 0 Å². The average Bonchev–Trinajstić information content (AvgIpc) is 2.29. The maximum atomic E-state index is 13.2. The molecule has 0 aromatic carbocycles. The fourth-order valence-corrected chi connectivity index (χ4v) is 1.74. The maximum Gasteiger partial charge on any atom is 0.234 e. The molecule has 108 valence electrons. The third-order valence-corrected chi connectivity index (χ3v) is 2.54. The molecule has 1 aromatic rings. The van der Waals surface area contributed by atoms with Gasteiger partial charge in [-0.05, 0) is 33.6 Å². The minimum atomic E-state index is -0.500. The Morgan fingerprint density at radius 1 is 1.21 bits per heavy atom. The van der Waals surface area contributed by atoms with Crippen molar-refractivity contribution in [3.63, 3.8) is 0 Å². The molecule has 19 heavy (non-hydrogen) atoms. The smallest absolute Gasteiger partial charge is 0.234 e. The first kappa shape index (κ1) is 15.9. The summed E-state index contributed by atoms with van der Waals surface area (Å²) < 4.78 is 13.2. The molecular weight excluding hydrogens is 249 g/mol. The third kappa shape index (κ3) is 6.56. The Kier molecular flexibility index (Phi) is 5.78.